The monoisotopic (exact) mass is 723 g/mol. The quantitative estimate of drug-likeness (QED) is 0.101. The van der Waals surface area contributed by atoms with Crippen molar-refractivity contribution in [2.75, 3.05) is 13.2 Å². The predicted octanol–water partition coefficient (Wildman–Crippen LogP) is 8.90. The van der Waals surface area contributed by atoms with Gasteiger partial charge < -0.3 is 19.2 Å². The molecule has 0 aliphatic rings. The first-order valence-corrected chi connectivity index (χ1v) is 15.8. The zero-order valence-corrected chi connectivity index (χ0v) is 27.7. The smallest absolute Gasteiger partial charge is 0.537 e. The largest absolute Gasteiger partial charge is 0.569 e. The SMILES string of the molecule is CCOC(=O)c1ccccc1-c1cccc2ccccc12.CCOC(=O)c1ccccc1I.O[B]Oc1cccc2ccccc12. The average Bonchev–Trinajstić information content (AvgIpc) is 3.09. The number of benzene rings is 6. The number of hydrogen-bond acceptors (Lipinski definition) is 6. The van der Waals surface area contributed by atoms with E-state index in [4.69, 9.17) is 19.2 Å². The summed E-state index contributed by atoms with van der Waals surface area (Å²) in [5, 5.41) is 12.9. The van der Waals surface area contributed by atoms with E-state index in [0.717, 1.165) is 36.2 Å². The molecule has 0 aliphatic heterocycles. The van der Waals surface area contributed by atoms with Gasteiger partial charge in [-0.3, -0.25) is 0 Å². The minimum atomic E-state index is -0.277. The maximum atomic E-state index is 12.2. The van der Waals surface area contributed by atoms with Crippen LogP contribution in [0.25, 0.3) is 32.7 Å². The van der Waals surface area contributed by atoms with Crippen LogP contribution in [0.1, 0.15) is 34.6 Å². The number of rotatable bonds is 7. The fraction of sp³-hybridized carbons (Fsp3) is 0.105. The van der Waals surface area contributed by atoms with Gasteiger partial charge in [-0.05, 0) is 88.0 Å². The first-order valence-electron chi connectivity index (χ1n) is 14.7. The van der Waals surface area contributed by atoms with Gasteiger partial charge in [-0.25, -0.2) is 9.59 Å². The Bertz CT molecular complexity index is 1900. The van der Waals surface area contributed by atoms with Crippen LogP contribution in [0.15, 0.2) is 133 Å². The van der Waals surface area contributed by atoms with Gasteiger partial charge in [0.1, 0.15) is 5.75 Å². The second-order valence-electron chi connectivity index (χ2n) is 9.69. The van der Waals surface area contributed by atoms with E-state index in [9.17, 15) is 9.59 Å². The van der Waals surface area contributed by atoms with E-state index in [1.807, 2.05) is 116 Å². The molecule has 8 heteroatoms. The molecule has 6 aromatic carbocycles. The van der Waals surface area contributed by atoms with Crippen molar-refractivity contribution in [3.8, 4) is 16.9 Å². The molecule has 6 nitrogen and oxygen atoms in total. The number of esters is 2. The van der Waals surface area contributed by atoms with Crippen LogP contribution >= 0.6 is 22.6 Å². The Balaban J connectivity index is 0.000000166. The number of ether oxygens (including phenoxy) is 2. The van der Waals surface area contributed by atoms with Crippen molar-refractivity contribution in [3.63, 3.8) is 0 Å². The van der Waals surface area contributed by atoms with E-state index in [0.29, 0.717) is 37.8 Å². The molecule has 0 saturated carbocycles. The molecule has 0 unspecified atom stereocenters. The molecule has 46 heavy (non-hydrogen) atoms. The Hall–Kier alpha value is -4.67. The van der Waals surface area contributed by atoms with Gasteiger partial charge in [-0.2, -0.15) is 0 Å². The highest BCUT2D eigenvalue weighted by atomic mass is 127. The number of carbonyl (C=O) groups excluding carboxylic acids is 2. The lowest BCUT2D eigenvalue weighted by atomic mass is 9.95. The minimum Gasteiger partial charge on any atom is -0.537 e. The Kier molecular flexibility index (Phi) is 13.2. The van der Waals surface area contributed by atoms with Crippen molar-refractivity contribution in [2.45, 2.75) is 13.8 Å². The number of carbonyl (C=O) groups is 2. The molecule has 0 bridgehead atoms. The van der Waals surface area contributed by atoms with E-state index in [2.05, 4.69) is 40.8 Å². The molecular weight excluding hydrogens is 690 g/mol. The van der Waals surface area contributed by atoms with Crippen LogP contribution < -0.4 is 4.65 Å². The molecule has 0 aliphatic carbocycles. The summed E-state index contributed by atoms with van der Waals surface area (Å²) < 4.78 is 15.9. The van der Waals surface area contributed by atoms with Crippen molar-refractivity contribution >= 4 is 63.8 Å². The summed E-state index contributed by atoms with van der Waals surface area (Å²) in [6, 6.07) is 42.8. The molecule has 1 radical (unpaired) electrons. The van der Waals surface area contributed by atoms with E-state index in [1.54, 1.807) is 13.0 Å². The van der Waals surface area contributed by atoms with Gasteiger partial charge in [-0.1, -0.05) is 109 Å². The predicted molar refractivity (Wildman–Crippen MR) is 193 cm³/mol. The van der Waals surface area contributed by atoms with Gasteiger partial charge >= 0.3 is 19.6 Å². The summed E-state index contributed by atoms with van der Waals surface area (Å²) in [6.45, 7) is 4.42. The molecule has 0 atom stereocenters. The fourth-order valence-electron chi connectivity index (χ4n) is 4.76. The zero-order chi connectivity index (χ0) is 32.7. The molecule has 6 rings (SSSR count). The van der Waals surface area contributed by atoms with Gasteiger partial charge in [0.25, 0.3) is 0 Å². The summed E-state index contributed by atoms with van der Waals surface area (Å²) in [5.41, 5.74) is 3.21. The highest BCUT2D eigenvalue weighted by Gasteiger charge is 2.14. The lowest BCUT2D eigenvalue weighted by Crippen LogP contribution is -2.06. The van der Waals surface area contributed by atoms with Gasteiger partial charge in [0.05, 0.1) is 24.3 Å². The van der Waals surface area contributed by atoms with Crippen LogP contribution in [0.5, 0.6) is 5.75 Å². The number of hydrogen-bond donors (Lipinski definition) is 1. The van der Waals surface area contributed by atoms with Crippen molar-refractivity contribution in [1.29, 1.82) is 0 Å². The van der Waals surface area contributed by atoms with Crippen molar-refractivity contribution in [3.05, 3.63) is 148 Å². The van der Waals surface area contributed by atoms with E-state index >= 15 is 0 Å². The first kappa shape index (κ1) is 34.2. The van der Waals surface area contributed by atoms with Gasteiger partial charge in [-0.15, -0.1) is 0 Å². The third-order valence-corrected chi connectivity index (χ3v) is 7.74. The van der Waals surface area contributed by atoms with Crippen LogP contribution in [0.4, 0.5) is 0 Å². The van der Waals surface area contributed by atoms with E-state index in [-0.39, 0.29) is 11.9 Å². The maximum Gasteiger partial charge on any atom is 0.569 e. The van der Waals surface area contributed by atoms with E-state index < -0.39 is 0 Å². The van der Waals surface area contributed by atoms with Crippen LogP contribution in [0.2, 0.25) is 0 Å². The normalized spacial score (nSPS) is 10.1. The molecule has 6 aromatic rings. The van der Waals surface area contributed by atoms with Crippen molar-refractivity contribution in [2.24, 2.45) is 0 Å². The first-order chi connectivity index (χ1) is 22.5. The molecule has 0 amide bonds. The molecule has 0 fully saturated rings. The summed E-state index contributed by atoms with van der Waals surface area (Å²) in [5.74, 6) is 0.143. The molecule has 0 heterocycles. The third kappa shape index (κ3) is 8.96. The third-order valence-electron chi connectivity index (χ3n) is 6.80. The van der Waals surface area contributed by atoms with E-state index in [1.165, 1.54) is 0 Å². The second-order valence-corrected chi connectivity index (χ2v) is 10.9. The minimum absolute atomic E-state index is 0.248. The highest BCUT2D eigenvalue weighted by Crippen LogP contribution is 2.31. The molecule has 0 saturated heterocycles. The number of fused-ring (bicyclic) bond motifs is 2. The summed E-state index contributed by atoms with van der Waals surface area (Å²) in [4.78, 5) is 23.4. The Labute approximate surface area is 283 Å². The Morgan fingerprint density at radius 2 is 1.07 bits per heavy atom. The van der Waals surface area contributed by atoms with Crippen LogP contribution in [0, 0.1) is 3.57 Å². The summed E-state index contributed by atoms with van der Waals surface area (Å²) >= 11 is 2.11. The Morgan fingerprint density at radius 1 is 0.587 bits per heavy atom. The second kappa shape index (κ2) is 17.7. The molecular formula is C38H33BIO6. The maximum absolute atomic E-state index is 12.2. The topological polar surface area (TPSA) is 82.1 Å². The van der Waals surface area contributed by atoms with Crippen LogP contribution in [-0.4, -0.2) is 37.9 Å². The molecule has 0 aromatic heterocycles. The van der Waals surface area contributed by atoms with Gasteiger partial charge in [0, 0.05) is 8.96 Å². The van der Waals surface area contributed by atoms with Crippen LogP contribution in [0.3, 0.4) is 0 Å². The lowest BCUT2D eigenvalue weighted by molar-refractivity contribution is 0.0516. The average molecular weight is 723 g/mol. The van der Waals surface area contributed by atoms with Crippen LogP contribution in [-0.2, 0) is 9.47 Å². The molecule has 1 N–H and O–H groups in total. The summed E-state index contributed by atoms with van der Waals surface area (Å²) in [6.07, 6.45) is 0. The Morgan fingerprint density at radius 3 is 1.72 bits per heavy atom. The standard InChI is InChI=1S/C19H16O2.C10H8BO2.C9H9IO2/c1-2-21-19(20)18-12-6-5-11-17(18)16-13-7-9-14-8-3-4-10-15(14)16;12-11-13-10-7-3-5-8-4-1-2-6-9(8)10;1-2-12-9(11)7-5-3-4-6-8(7)10/h3-13H,2H2,1H3;1-7,12H;3-6H,2H2,1H3. The van der Waals surface area contributed by atoms with Gasteiger partial charge in [0.15, 0.2) is 0 Å². The number of halogens is 1. The van der Waals surface area contributed by atoms with Crippen molar-refractivity contribution < 1.29 is 28.7 Å². The lowest BCUT2D eigenvalue weighted by Gasteiger charge is -2.11. The highest BCUT2D eigenvalue weighted by molar-refractivity contribution is 14.1. The van der Waals surface area contributed by atoms with Gasteiger partial charge in [0.2, 0.25) is 0 Å². The van der Waals surface area contributed by atoms with Crippen molar-refractivity contribution in [1.82, 2.24) is 0 Å². The summed E-state index contributed by atoms with van der Waals surface area (Å²) in [7, 11) is 0.696. The zero-order valence-electron chi connectivity index (χ0n) is 25.6. The molecule has 0 spiro atoms. The molecule has 231 valence electrons. The fourth-order valence-corrected chi connectivity index (χ4v) is 5.36.